The molecular formula is C10H13F2NO4. The zero-order valence-electron chi connectivity index (χ0n) is 9.75. The molecule has 0 aliphatic carbocycles. The van der Waals surface area contributed by atoms with Crippen LogP contribution in [0.1, 0.15) is 20.8 Å². The zero-order valence-corrected chi connectivity index (χ0v) is 9.75. The van der Waals surface area contributed by atoms with Crippen LogP contribution in [0.15, 0.2) is 0 Å². The third-order valence-corrected chi connectivity index (χ3v) is 2.61. The van der Waals surface area contributed by atoms with Gasteiger partial charge in [-0.25, -0.2) is 9.69 Å². The fraction of sp³-hybridized carbons (Fsp3) is 0.800. The average Bonchev–Trinajstić information content (AvgIpc) is 2.87. The second kappa shape index (κ2) is 3.16. The molecule has 0 aromatic heterocycles. The van der Waals surface area contributed by atoms with Crippen LogP contribution in [0.2, 0.25) is 0 Å². The fourth-order valence-corrected chi connectivity index (χ4v) is 1.62. The van der Waals surface area contributed by atoms with Gasteiger partial charge in [0, 0.05) is 0 Å². The van der Waals surface area contributed by atoms with Crippen LogP contribution < -0.4 is 0 Å². The molecule has 96 valence electrons. The molecule has 17 heavy (non-hydrogen) atoms. The van der Waals surface area contributed by atoms with E-state index in [9.17, 15) is 18.4 Å². The topological polar surface area (TPSA) is 59.1 Å². The largest absolute Gasteiger partial charge is 0.443 e. The Bertz CT molecular complexity index is 384. The van der Waals surface area contributed by atoms with Crippen molar-refractivity contribution in [1.29, 1.82) is 0 Å². The van der Waals surface area contributed by atoms with Gasteiger partial charge in [0.1, 0.15) is 5.60 Å². The summed E-state index contributed by atoms with van der Waals surface area (Å²) in [5, 5.41) is 0. The van der Waals surface area contributed by atoms with Crippen LogP contribution in [0.5, 0.6) is 0 Å². The number of carbonyl (C=O) groups excluding carboxylic acids is 2. The van der Waals surface area contributed by atoms with Gasteiger partial charge in [-0.2, -0.15) is 8.78 Å². The quantitative estimate of drug-likeness (QED) is 0.605. The molecule has 2 aliphatic rings. The standard InChI is InChI=1S/C10H13F2NO4/c1-8(2,3)17-7(15)13-4-9(5-16-9)10(11,12)6(13)14/h4-5H2,1-3H3. The normalized spacial score (nSPS) is 30.9. The maximum Gasteiger partial charge on any atom is 0.417 e. The van der Waals surface area contributed by atoms with E-state index in [4.69, 9.17) is 4.74 Å². The summed E-state index contributed by atoms with van der Waals surface area (Å²) >= 11 is 0. The first-order chi connectivity index (χ1) is 7.59. The highest BCUT2D eigenvalue weighted by molar-refractivity contribution is 5.99. The van der Waals surface area contributed by atoms with Gasteiger partial charge in [0.25, 0.3) is 0 Å². The second-order valence-electron chi connectivity index (χ2n) is 5.23. The highest BCUT2D eigenvalue weighted by Gasteiger charge is 2.76. The number of likely N-dealkylation sites (tertiary alicyclic amines) is 1. The summed E-state index contributed by atoms with van der Waals surface area (Å²) in [6.07, 6.45) is -1.06. The lowest BCUT2D eigenvalue weighted by molar-refractivity contribution is -0.151. The van der Waals surface area contributed by atoms with E-state index >= 15 is 0 Å². The SMILES string of the molecule is CC(C)(C)OC(=O)N1CC2(CO2)C(F)(F)C1=O. The van der Waals surface area contributed by atoms with Gasteiger partial charge in [-0.05, 0) is 20.8 Å². The maximum absolute atomic E-state index is 13.5. The monoisotopic (exact) mass is 249 g/mol. The van der Waals surface area contributed by atoms with E-state index in [0.29, 0.717) is 4.90 Å². The molecule has 1 atom stereocenters. The van der Waals surface area contributed by atoms with Gasteiger partial charge in [-0.3, -0.25) is 4.79 Å². The molecule has 1 unspecified atom stereocenters. The summed E-state index contributed by atoms with van der Waals surface area (Å²) in [4.78, 5) is 23.4. The molecule has 0 aromatic rings. The van der Waals surface area contributed by atoms with E-state index in [1.165, 1.54) is 0 Å². The third kappa shape index (κ3) is 1.78. The Morgan fingerprint density at radius 1 is 1.47 bits per heavy atom. The van der Waals surface area contributed by atoms with Crippen molar-refractivity contribution in [2.75, 3.05) is 13.2 Å². The molecule has 0 N–H and O–H groups in total. The predicted octanol–water partition coefficient (Wildman–Crippen LogP) is 1.17. The third-order valence-electron chi connectivity index (χ3n) is 2.61. The van der Waals surface area contributed by atoms with E-state index in [0.717, 1.165) is 0 Å². The molecule has 0 saturated carbocycles. The van der Waals surface area contributed by atoms with Crippen molar-refractivity contribution in [3.05, 3.63) is 0 Å². The molecule has 1 spiro atoms. The Labute approximate surface area is 96.7 Å². The minimum Gasteiger partial charge on any atom is -0.443 e. The van der Waals surface area contributed by atoms with Gasteiger partial charge >= 0.3 is 17.9 Å². The van der Waals surface area contributed by atoms with Crippen molar-refractivity contribution in [1.82, 2.24) is 4.90 Å². The van der Waals surface area contributed by atoms with Crippen LogP contribution in [-0.2, 0) is 14.3 Å². The first-order valence-electron chi connectivity index (χ1n) is 5.16. The van der Waals surface area contributed by atoms with Crippen molar-refractivity contribution in [2.45, 2.75) is 37.9 Å². The summed E-state index contributed by atoms with van der Waals surface area (Å²) in [7, 11) is 0. The van der Waals surface area contributed by atoms with Crippen LogP contribution in [0.4, 0.5) is 13.6 Å². The van der Waals surface area contributed by atoms with Crippen LogP contribution >= 0.6 is 0 Å². The minimum atomic E-state index is -3.65. The van der Waals surface area contributed by atoms with Gasteiger partial charge in [-0.15, -0.1) is 0 Å². The number of hydrogen-bond donors (Lipinski definition) is 0. The molecule has 0 radical (unpaired) electrons. The number of imide groups is 1. The van der Waals surface area contributed by atoms with Crippen molar-refractivity contribution in [3.8, 4) is 0 Å². The fourth-order valence-electron chi connectivity index (χ4n) is 1.62. The van der Waals surface area contributed by atoms with Gasteiger partial charge in [0.2, 0.25) is 0 Å². The summed E-state index contributed by atoms with van der Waals surface area (Å²) < 4.78 is 36.5. The summed E-state index contributed by atoms with van der Waals surface area (Å²) in [6.45, 7) is 4.10. The number of carbonyl (C=O) groups is 2. The maximum atomic E-state index is 13.5. The van der Waals surface area contributed by atoms with Crippen molar-refractivity contribution < 1.29 is 27.8 Å². The Hall–Kier alpha value is -1.24. The van der Waals surface area contributed by atoms with E-state index in [1.54, 1.807) is 20.8 Å². The van der Waals surface area contributed by atoms with Gasteiger partial charge < -0.3 is 9.47 Å². The molecule has 2 amide bonds. The van der Waals surface area contributed by atoms with Crippen molar-refractivity contribution in [2.24, 2.45) is 0 Å². The highest BCUT2D eigenvalue weighted by Crippen LogP contribution is 2.49. The Morgan fingerprint density at radius 2 is 2.00 bits per heavy atom. The van der Waals surface area contributed by atoms with Crippen LogP contribution in [-0.4, -0.2) is 47.2 Å². The molecule has 2 heterocycles. The van der Waals surface area contributed by atoms with Gasteiger partial charge in [0.15, 0.2) is 5.60 Å². The molecule has 0 aromatic carbocycles. The first-order valence-corrected chi connectivity index (χ1v) is 5.16. The lowest BCUT2D eigenvalue weighted by Crippen LogP contribution is -2.42. The number of halogens is 2. The number of rotatable bonds is 0. The highest BCUT2D eigenvalue weighted by atomic mass is 19.3. The lowest BCUT2D eigenvalue weighted by Gasteiger charge is -2.23. The number of ether oxygens (including phenoxy) is 2. The average molecular weight is 249 g/mol. The molecule has 7 heteroatoms. The van der Waals surface area contributed by atoms with Crippen molar-refractivity contribution in [3.63, 3.8) is 0 Å². The van der Waals surface area contributed by atoms with E-state index in [2.05, 4.69) is 4.74 Å². The Balaban J connectivity index is 2.15. The number of amides is 2. The molecule has 2 fully saturated rings. The van der Waals surface area contributed by atoms with E-state index < -0.39 is 35.7 Å². The number of hydrogen-bond acceptors (Lipinski definition) is 4. The Kier molecular flexibility index (Phi) is 2.27. The molecule has 2 rings (SSSR count). The second-order valence-corrected chi connectivity index (χ2v) is 5.23. The number of alkyl halides is 2. The molecule has 0 bridgehead atoms. The Morgan fingerprint density at radius 3 is 2.35 bits per heavy atom. The molecular weight excluding hydrogens is 236 g/mol. The number of nitrogens with zero attached hydrogens (tertiary/aromatic N) is 1. The van der Waals surface area contributed by atoms with Crippen molar-refractivity contribution >= 4 is 12.0 Å². The molecule has 2 saturated heterocycles. The minimum absolute atomic E-state index is 0.217. The number of epoxide rings is 1. The lowest BCUT2D eigenvalue weighted by atomic mass is 10.1. The van der Waals surface area contributed by atoms with E-state index in [1.807, 2.05) is 0 Å². The van der Waals surface area contributed by atoms with Gasteiger partial charge in [0.05, 0.1) is 13.2 Å². The smallest absolute Gasteiger partial charge is 0.417 e. The van der Waals surface area contributed by atoms with Crippen LogP contribution in [0.25, 0.3) is 0 Å². The summed E-state index contributed by atoms with van der Waals surface area (Å²) in [5.74, 6) is -5.20. The molecule has 5 nitrogen and oxygen atoms in total. The van der Waals surface area contributed by atoms with Gasteiger partial charge in [-0.1, -0.05) is 0 Å². The zero-order chi connectivity index (χ0) is 13.1. The first kappa shape index (κ1) is 12.2. The van der Waals surface area contributed by atoms with E-state index in [-0.39, 0.29) is 6.61 Å². The van der Waals surface area contributed by atoms with Crippen LogP contribution in [0, 0.1) is 0 Å². The summed E-state index contributed by atoms with van der Waals surface area (Å²) in [5.41, 5.74) is -2.66. The van der Waals surface area contributed by atoms with Crippen LogP contribution in [0.3, 0.4) is 0 Å². The summed E-state index contributed by atoms with van der Waals surface area (Å²) in [6, 6.07) is 0. The predicted molar refractivity (Wildman–Crippen MR) is 51.6 cm³/mol. The molecule has 2 aliphatic heterocycles.